The first-order valence-corrected chi connectivity index (χ1v) is 7.30. The summed E-state index contributed by atoms with van der Waals surface area (Å²) in [7, 11) is 0. The number of hydrogen-bond acceptors (Lipinski definition) is 0. The molecule has 0 fully saturated rings. The fourth-order valence-corrected chi connectivity index (χ4v) is 2.05. The van der Waals surface area contributed by atoms with Gasteiger partial charge in [-0.3, -0.25) is 0 Å². The summed E-state index contributed by atoms with van der Waals surface area (Å²) >= 11 is 0. The minimum Gasteiger partial charge on any atom is -0.0738 e. The summed E-state index contributed by atoms with van der Waals surface area (Å²) in [5.41, 5.74) is 3.81. The van der Waals surface area contributed by atoms with Gasteiger partial charge in [-0.2, -0.15) is 0 Å². The smallest absolute Gasteiger partial charge is 0.0187 e. The predicted molar refractivity (Wildman–Crippen MR) is 89.4 cm³/mol. The predicted octanol–water partition coefficient (Wildman–Crippen LogP) is 5.83. The lowest BCUT2D eigenvalue weighted by Crippen LogP contribution is -1.89. The van der Waals surface area contributed by atoms with E-state index in [4.69, 9.17) is 0 Å². The van der Waals surface area contributed by atoms with Crippen LogP contribution in [0.2, 0.25) is 0 Å². The summed E-state index contributed by atoms with van der Waals surface area (Å²) in [5, 5.41) is 0. The van der Waals surface area contributed by atoms with Crippen LogP contribution < -0.4 is 0 Å². The highest BCUT2D eigenvalue weighted by Gasteiger charge is 2.00. The van der Waals surface area contributed by atoms with E-state index in [1.54, 1.807) is 0 Å². The van der Waals surface area contributed by atoms with Crippen molar-refractivity contribution in [2.45, 2.75) is 20.3 Å². The first-order chi connectivity index (χ1) is 9.79. The van der Waals surface area contributed by atoms with Gasteiger partial charge in [0.1, 0.15) is 0 Å². The fourth-order valence-electron chi connectivity index (χ4n) is 2.05. The highest BCUT2D eigenvalue weighted by molar-refractivity contribution is 5.78. The van der Waals surface area contributed by atoms with Gasteiger partial charge in [-0.1, -0.05) is 99.2 Å². The Morgan fingerprint density at radius 1 is 0.950 bits per heavy atom. The fraction of sp³-hybridized carbons (Fsp3) is 0.200. The van der Waals surface area contributed by atoms with Gasteiger partial charge >= 0.3 is 0 Å². The number of hydrogen-bond donors (Lipinski definition) is 0. The van der Waals surface area contributed by atoms with Crippen LogP contribution in [0.1, 0.15) is 31.4 Å². The van der Waals surface area contributed by atoms with Crippen molar-refractivity contribution in [2.75, 3.05) is 0 Å². The Labute approximate surface area is 122 Å². The van der Waals surface area contributed by atoms with E-state index in [0.717, 1.165) is 6.42 Å². The van der Waals surface area contributed by atoms with E-state index in [-0.39, 0.29) is 0 Å². The van der Waals surface area contributed by atoms with Crippen LogP contribution in [0.15, 0.2) is 72.8 Å². The molecule has 0 aliphatic carbocycles. The molecule has 0 spiro atoms. The second-order valence-corrected chi connectivity index (χ2v) is 5.12. The van der Waals surface area contributed by atoms with Crippen molar-refractivity contribution >= 4 is 11.6 Å². The lowest BCUT2D eigenvalue weighted by atomic mass is 9.98. The lowest BCUT2D eigenvalue weighted by molar-refractivity contribution is 0.700. The molecule has 0 aliphatic heterocycles. The number of rotatable bonds is 5. The third-order valence-corrected chi connectivity index (χ3v) is 3.47. The highest BCUT2D eigenvalue weighted by Crippen LogP contribution is 2.20. The SMILES string of the molecule is CCC(C)/C=C(/C=C/c1ccccc1)c1ccccc1. The number of benzene rings is 2. The molecule has 2 rings (SSSR count). The Morgan fingerprint density at radius 3 is 2.15 bits per heavy atom. The summed E-state index contributed by atoms with van der Waals surface area (Å²) in [6.45, 7) is 4.49. The van der Waals surface area contributed by atoms with Crippen LogP contribution in [0.3, 0.4) is 0 Å². The molecule has 0 amide bonds. The standard InChI is InChI=1S/C20H22/c1-3-17(2)16-20(19-12-8-5-9-13-19)15-14-18-10-6-4-7-11-18/h4-17H,3H2,1-2H3/b15-14+,20-16-. The van der Waals surface area contributed by atoms with Gasteiger partial charge in [0.15, 0.2) is 0 Å². The summed E-state index contributed by atoms with van der Waals surface area (Å²) in [5.74, 6) is 0.589. The van der Waals surface area contributed by atoms with Crippen LogP contribution in [-0.2, 0) is 0 Å². The quantitative estimate of drug-likeness (QED) is 0.595. The summed E-state index contributed by atoms with van der Waals surface area (Å²) in [6.07, 6.45) is 7.92. The van der Waals surface area contributed by atoms with Gasteiger partial charge in [-0.05, 0) is 22.6 Å². The molecule has 1 atom stereocenters. The Balaban J connectivity index is 2.28. The van der Waals surface area contributed by atoms with Gasteiger partial charge in [0.25, 0.3) is 0 Å². The van der Waals surface area contributed by atoms with Gasteiger partial charge in [-0.25, -0.2) is 0 Å². The van der Waals surface area contributed by atoms with E-state index in [2.05, 4.69) is 86.7 Å². The van der Waals surface area contributed by atoms with Crippen LogP contribution in [0.4, 0.5) is 0 Å². The van der Waals surface area contributed by atoms with Gasteiger partial charge < -0.3 is 0 Å². The maximum atomic E-state index is 2.36. The van der Waals surface area contributed by atoms with Crippen molar-refractivity contribution in [2.24, 2.45) is 5.92 Å². The molecule has 0 bridgehead atoms. The molecule has 1 unspecified atom stereocenters. The van der Waals surface area contributed by atoms with Crippen LogP contribution in [0, 0.1) is 5.92 Å². The van der Waals surface area contributed by atoms with Crippen molar-refractivity contribution in [3.63, 3.8) is 0 Å². The Kier molecular flexibility index (Phi) is 5.37. The average Bonchev–Trinajstić information content (AvgIpc) is 2.53. The molecule has 0 radical (unpaired) electrons. The molecule has 0 heteroatoms. The topological polar surface area (TPSA) is 0 Å². The zero-order chi connectivity index (χ0) is 14.2. The Hall–Kier alpha value is -2.08. The molecule has 0 saturated heterocycles. The van der Waals surface area contributed by atoms with Crippen molar-refractivity contribution in [3.8, 4) is 0 Å². The van der Waals surface area contributed by atoms with Crippen LogP contribution in [0.5, 0.6) is 0 Å². The molecule has 20 heavy (non-hydrogen) atoms. The third kappa shape index (κ3) is 4.24. The van der Waals surface area contributed by atoms with Gasteiger partial charge in [-0.15, -0.1) is 0 Å². The van der Waals surface area contributed by atoms with Gasteiger partial charge in [0, 0.05) is 0 Å². The summed E-state index contributed by atoms with van der Waals surface area (Å²) in [6, 6.07) is 21.0. The van der Waals surface area contributed by atoms with Crippen LogP contribution in [0.25, 0.3) is 11.6 Å². The highest BCUT2D eigenvalue weighted by atomic mass is 14.1. The molecule has 0 aromatic heterocycles. The average molecular weight is 262 g/mol. The lowest BCUT2D eigenvalue weighted by Gasteiger charge is -2.07. The van der Waals surface area contributed by atoms with Crippen molar-refractivity contribution < 1.29 is 0 Å². The Morgan fingerprint density at radius 2 is 1.55 bits per heavy atom. The molecule has 0 N–H and O–H groups in total. The second-order valence-electron chi connectivity index (χ2n) is 5.12. The molecule has 2 aromatic rings. The van der Waals surface area contributed by atoms with Crippen molar-refractivity contribution in [3.05, 3.63) is 83.9 Å². The van der Waals surface area contributed by atoms with Crippen LogP contribution in [-0.4, -0.2) is 0 Å². The molecular weight excluding hydrogens is 240 g/mol. The Bertz CT molecular complexity index is 562. The first-order valence-electron chi connectivity index (χ1n) is 7.30. The van der Waals surface area contributed by atoms with E-state index in [0.29, 0.717) is 5.92 Å². The van der Waals surface area contributed by atoms with Crippen molar-refractivity contribution in [1.82, 2.24) is 0 Å². The van der Waals surface area contributed by atoms with E-state index in [1.165, 1.54) is 16.7 Å². The monoisotopic (exact) mass is 262 g/mol. The van der Waals surface area contributed by atoms with Crippen molar-refractivity contribution in [1.29, 1.82) is 0 Å². The minimum absolute atomic E-state index is 0.589. The van der Waals surface area contributed by atoms with E-state index >= 15 is 0 Å². The maximum Gasteiger partial charge on any atom is -0.0187 e. The van der Waals surface area contributed by atoms with E-state index in [1.807, 2.05) is 6.07 Å². The van der Waals surface area contributed by atoms with E-state index in [9.17, 15) is 0 Å². The molecule has 0 aliphatic rings. The summed E-state index contributed by atoms with van der Waals surface area (Å²) < 4.78 is 0. The molecule has 0 saturated carbocycles. The molecule has 102 valence electrons. The minimum atomic E-state index is 0.589. The number of allylic oxidation sites excluding steroid dienone is 3. The van der Waals surface area contributed by atoms with Gasteiger partial charge in [0.2, 0.25) is 0 Å². The first kappa shape index (κ1) is 14.3. The normalized spacial score (nSPS) is 13.6. The maximum absolute atomic E-state index is 2.36. The summed E-state index contributed by atoms with van der Waals surface area (Å²) in [4.78, 5) is 0. The zero-order valence-corrected chi connectivity index (χ0v) is 12.3. The zero-order valence-electron chi connectivity index (χ0n) is 12.3. The van der Waals surface area contributed by atoms with E-state index < -0.39 is 0 Å². The molecule has 0 nitrogen and oxygen atoms in total. The third-order valence-electron chi connectivity index (χ3n) is 3.47. The molecule has 2 aromatic carbocycles. The molecule has 0 heterocycles. The second kappa shape index (κ2) is 7.49. The largest absolute Gasteiger partial charge is 0.0738 e. The molecular formula is C20H22. The van der Waals surface area contributed by atoms with Gasteiger partial charge in [0.05, 0.1) is 0 Å². The van der Waals surface area contributed by atoms with Crippen LogP contribution >= 0.6 is 0 Å².